The molecule has 0 radical (unpaired) electrons. The third-order valence-electron chi connectivity index (χ3n) is 3.32. The minimum atomic E-state index is -0.895. The Bertz CT molecular complexity index is 833. The van der Waals surface area contributed by atoms with E-state index in [-0.39, 0.29) is 27.3 Å². The van der Waals surface area contributed by atoms with Crippen LogP contribution < -0.4 is 0 Å². The van der Waals surface area contributed by atoms with Gasteiger partial charge in [-0.1, -0.05) is 35.9 Å². The third-order valence-corrected chi connectivity index (χ3v) is 3.64. The Morgan fingerprint density at radius 1 is 0.958 bits per heavy atom. The highest BCUT2D eigenvalue weighted by Gasteiger charge is 2.28. The van der Waals surface area contributed by atoms with Crippen molar-refractivity contribution >= 4 is 29.2 Å². The lowest BCUT2D eigenvalue weighted by Gasteiger charge is -2.13. The van der Waals surface area contributed by atoms with Crippen molar-refractivity contribution in [2.45, 2.75) is 0 Å². The predicted molar refractivity (Wildman–Crippen MR) is 86.2 cm³/mol. The van der Waals surface area contributed by atoms with Crippen molar-refractivity contribution in [2.75, 3.05) is 14.2 Å². The fourth-order valence-electron chi connectivity index (χ4n) is 2.29. The van der Waals surface area contributed by atoms with Gasteiger partial charge in [0.15, 0.2) is 0 Å². The summed E-state index contributed by atoms with van der Waals surface area (Å²) in [7, 11) is 2.30. The van der Waals surface area contributed by atoms with Gasteiger partial charge in [-0.25, -0.2) is 9.59 Å². The first-order valence-electron chi connectivity index (χ1n) is 6.65. The van der Waals surface area contributed by atoms with E-state index in [0.29, 0.717) is 0 Å². The molecular weight excluding hydrogens is 338 g/mol. The molecule has 0 saturated heterocycles. The van der Waals surface area contributed by atoms with Gasteiger partial charge in [0.1, 0.15) is 5.56 Å². The summed E-state index contributed by atoms with van der Waals surface area (Å²) < 4.78 is 9.36. The van der Waals surface area contributed by atoms with Crippen molar-refractivity contribution in [3.05, 3.63) is 62.7 Å². The van der Waals surface area contributed by atoms with Crippen molar-refractivity contribution in [3.8, 4) is 11.1 Å². The number of benzene rings is 2. The minimum absolute atomic E-state index is 0.00678. The molecule has 0 saturated carbocycles. The van der Waals surface area contributed by atoms with Crippen LogP contribution in [-0.2, 0) is 9.47 Å². The standard InChI is InChI=1S/C16H12ClNO6/c1-23-15(19)13-9(5-3-7-11(13)17)10-6-4-8-12(18(21)22)14(10)16(20)24-2/h3-8H,1-2H3. The number of carbonyl (C=O) groups is 2. The Morgan fingerprint density at radius 3 is 2.00 bits per heavy atom. The molecule has 7 nitrogen and oxygen atoms in total. The predicted octanol–water partition coefficient (Wildman–Crippen LogP) is 3.49. The molecule has 8 heteroatoms. The quantitative estimate of drug-likeness (QED) is 0.476. The zero-order chi connectivity index (χ0) is 17.9. The largest absolute Gasteiger partial charge is 0.465 e. The molecule has 0 atom stereocenters. The summed E-state index contributed by atoms with van der Waals surface area (Å²) in [6.45, 7) is 0. The number of ether oxygens (including phenoxy) is 2. The monoisotopic (exact) mass is 349 g/mol. The first-order chi connectivity index (χ1) is 11.4. The number of methoxy groups -OCH3 is 2. The van der Waals surface area contributed by atoms with E-state index in [1.807, 2.05) is 0 Å². The van der Waals surface area contributed by atoms with Gasteiger partial charge in [0, 0.05) is 11.6 Å². The average molecular weight is 350 g/mol. The minimum Gasteiger partial charge on any atom is -0.465 e. The highest BCUT2D eigenvalue weighted by atomic mass is 35.5. The fourth-order valence-corrected chi connectivity index (χ4v) is 2.54. The molecule has 0 aliphatic heterocycles. The lowest BCUT2D eigenvalue weighted by Crippen LogP contribution is -2.10. The molecule has 0 unspecified atom stereocenters. The SMILES string of the molecule is COC(=O)c1c(Cl)cccc1-c1cccc([N+](=O)[O-])c1C(=O)OC. The lowest BCUT2D eigenvalue weighted by molar-refractivity contribution is -0.385. The van der Waals surface area contributed by atoms with Crippen LogP contribution in [-0.4, -0.2) is 31.1 Å². The smallest absolute Gasteiger partial charge is 0.345 e. The van der Waals surface area contributed by atoms with Gasteiger partial charge in [-0.05, 0) is 11.6 Å². The Morgan fingerprint density at radius 2 is 1.46 bits per heavy atom. The molecule has 2 aromatic carbocycles. The molecule has 0 heterocycles. The number of hydrogen-bond donors (Lipinski definition) is 0. The van der Waals surface area contributed by atoms with Gasteiger partial charge in [0.2, 0.25) is 0 Å². The van der Waals surface area contributed by atoms with Crippen molar-refractivity contribution in [3.63, 3.8) is 0 Å². The van der Waals surface area contributed by atoms with Gasteiger partial charge in [-0.15, -0.1) is 0 Å². The number of nitrogens with zero attached hydrogens (tertiary/aromatic N) is 1. The molecule has 0 bridgehead atoms. The molecule has 2 aromatic rings. The number of esters is 2. The zero-order valence-electron chi connectivity index (χ0n) is 12.7. The van der Waals surface area contributed by atoms with Crippen LogP contribution in [0.2, 0.25) is 5.02 Å². The summed E-state index contributed by atoms with van der Waals surface area (Å²) in [5.74, 6) is -1.62. The Balaban J connectivity index is 2.86. The van der Waals surface area contributed by atoms with Gasteiger partial charge >= 0.3 is 11.9 Å². The van der Waals surface area contributed by atoms with E-state index in [1.54, 1.807) is 6.07 Å². The summed E-state index contributed by atoms with van der Waals surface area (Å²) in [5, 5.41) is 11.3. The van der Waals surface area contributed by atoms with Gasteiger partial charge in [0.05, 0.1) is 29.7 Å². The van der Waals surface area contributed by atoms with Crippen molar-refractivity contribution < 1.29 is 24.0 Å². The Labute approximate surface area is 141 Å². The van der Waals surface area contributed by atoms with Crippen LogP contribution in [0.4, 0.5) is 5.69 Å². The van der Waals surface area contributed by atoms with Gasteiger partial charge < -0.3 is 9.47 Å². The second-order valence-electron chi connectivity index (χ2n) is 4.60. The highest BCUT2D eigenvalue weighted by Crippen LogP contribution is 2.36. The van der Waals surface area contributed by atoms with E-state index < -0.39 is 22.5 Å². The number of hydrogen-bond acceptors (Lipinski definition) is 6. The normalized spacial score (nSPS) is 10.1. The van der Waals surface area contributed by atoms with Crippen LogP contribution in [0.15, 0.2) is 36.4 Å². The van der Waals surface area contributed by atoms with Crippen LogP contribution in [0.25, 0.3) is 11.1 Å². The zero-order valence-corrected chi connectivity index (χ0v) is 13.5. The topological polar surface area (TPSA) is 95.7 Å². The average Bonchev–Trinajstić information content (AvgIpc) is 2.59. The first kappa shape index (κ1) is 17.4. The van der Waals surface area contributed by atoms with Gasteiger partial charge in [-0.3, -0.25) is 10.1 Å². The third kappa shape index (κ3) is 3.07. The van der Waals surface area contributed by atoms with E-state index in [1.165, 1.54) is 37.4 Å². The molecule has 2 rings (SSSR count). The molecule has 0 amide bonds. The molecule has 124 valence electrons. The highest BCUT2D eigenvalue weighted by molar-refractivity contribution is 6.34. The summed E-state index contributed by atoms with van der Waals surface area (Å²) in [6.07, 6.45) is 0. The molecule has 0 aliphatic carbocycles. The first-order valence-corrected chi connectivity index (χ1v) is 7.03. The van der Waals surface area contributed by atoms with Crippen molar-refractivity contribution in [2.24, 2.45) is 0 Å². The van der Waals surface area contributed by atoms with E-state index in [4.69, 9.17) is 16.3 Å². The van der Waals surface area contributed by atoms with Crippen molar-refractivity contribution in [1.82, 2.24) is 0 Å². The summed E-state index contributed by atoms with van der Waals surface area (Å²) in [4.78, 5) is 34.7. The summed E-state index contributed by atoms with van der Waals surface area (Å²) in [5.41, 5.74) is -0.308. The number of nitro groups is 1. The fraction of sp³-hybridized carbons (Fsp3) is 0.125. The van der Waals surface area contributed by atoms with E-state index in [0.717, 1.165) is 7.11 Å². The molecule has 0 aromatic heterocycles. The van der Waals surface area contributed by atoms with Crippen LogP contribution in [0, 0.1) is 10.1 Å². The van der Waals surface area contributed by atoms with E-state index in [9.17, 15) is 19.7 Å². The van der Waals surface area contributed by atoms with Crippen LogP contribution in [0.5, 0.6) is 0 Å². The maximum atomic E-state index is 12.1. The summed E-state index contributed by atoms with van der Waals surface area (Å²) >= 11 is 6.07. The van der Waals surface area contributed by atoms with Crippen LogP contribution in [0.1, 0.15) is 20.7 Å². The molecule has 0 spiro atoms. The molecular formula is C16H12ClNO6. The number of carbonyl (C=O) groups excluding carboxylic acids is 2. The number of halogens is 1. The van der Waals surface area contributed by atoms with Crippen molar-refractivity contribution in [1.29, 1.82) is 0 Å². The molecule has 0 fully saturated rings. The Hall–Kier alpha value is -2.93. The maximum absolute atomic E-state index is 12.1. The molecule has 0 N–H and O–H groups in total. The second kappa shape index (κ2) is 7.10. The molecule has 24 heavy (non-hydrogen) atoms. The maximum Gasteiger partial charge on any atom is 0.345 e. The number of rotatable bonds is 4. The summed E-state index contributed by atoms with van der Waals surface area (Å²) in [6, 6.07) is 8.61. The van der Waals surface area contributed by atoms with Crippen LogP contribution in [0.3, 0.4) is 0 Å². The van der Waals surface area contributed by atoms with Gasteiger partial charge in [0.25, 0.3) is 5.69 Å². The molecule has 0 aliphatic rings. The second-order valence-corrected chi connectivity index (χ2v) is 5.01. The number of nitro benzene ring substituents is 1. The van der Waals surface area contributed by atoms with E-state index >= 15 is 0 Å². The van der Waals surface area contributed by atoms with E-state index in [2.05, 4.69) is 4.74 Å². The van der Waals surface area contributed by atoms with Crippen LogP contribution >= 0.6 is 11.6 Å². The Kier molecular flexibility index (Phi) is 5.15. The lowest BCUT2D eigenvalue weighted by atomic mass is 9.94. The van der Waals surface area contributed by atoms with Gasteiger partial charge in [-0.2, -0.15) is 0 Å².